The molecule has 0 spiro atoms. The highest BCUT2D eigenvalue weighted by Gasteiger charge is 2.34. The average molecular weight is 392 g/mol. The maximum Gasteiger partial charge on any atom is 0.247 e. The number of aryl methyl sites for hydroxylation is 2. The number of amides is 1. The van der Waals surface area contributed by atoms with Crippen LogP contribution in [-0.4, -0.2) is 32.1 Å². The van der Waals surface area contributed by atoms with Gasteiger partial charge in [-0.3, -0.25) is 14.5 Å². The Kier molecular flexibility index (Phi) is 5.18. The van der Waals surface area contributed by atoms with Crippen LogP contribution in [0.5, 0.6) is 0 Å². The number of aromatic nitrogens is 3. The summed E-state index contributed by atoms with van der Waals surface area (Å²) in [6.45, 7) is 6.52. The Labute approximate surface area is 170 Å². The molecule has 3 aromatic rings. The summed E-state index contributed by atoms with van der Waals surface area (Å²) >= 11 is 0. The minimum Gasteiger partial charge on any atom is -0.332 e. The second-order valence-corrected chi connectivity index (χ2v) is 7.71. The normalized spacial score (nSPS) is 17.5. The molecule has 4 rings (SSSR count). The molecular formula is C23H25FN4O. The first-order valence-corrected chi connectivity index (χ1v) is 9.99. The maximum absolute atomic E-state index is 13.3. The molecule has 1 aliphatic heterocycles. The van der Waals surface area contributed by atoms with E-state index in [1.54, 1.807) is 23.0 Å². The average Bonchev–Trinajstić information content (AvgIpc) is 3.36. The van der Waals surface area contributed by atoms with Crippen molar-refractivity contribution in [2.45, 2.75) is 45.7 Å². The number of carbonyl (C=O) groups excluding carboxylic acids is 1. The fourth-order valence-corrected chi connectivity index (χ4v) is 4.14. The van der Waals surface area contributed by atoms with E-state index >= 15 is 0 Å². The second kappa shape index (κ2) is 7.78. The highest BCUT2D eigenvalue weighted by atomic mass is 19.1. The van der Waals surface area contributed by atoms with Gasteiger partial charge in [0.15, 0.2) is 0 Å². The zero-order valence-corrected chi connectivity index (χ0v) is 17.0. The van der Waals surface area contributed by atoms with E-state index < -0.39 is 0 Å². The Morgan fingerprint density at radius 2 is 1.90 bits per heavy atom. The van der Waals surface area contributed by atoms with Crippen LogP contribution in [0, 0.1) is 19.7 Å². The van der Waals surface area contributed by atoms with E-state index in [0.29, 0.717) is 0 Å². The quantitative estimate of drug-likeness (QED) is 0.651. The van der Waals surface area contributed by atoms with E-state index in [9.17, 15) is 9.18 Å². The van der Waals surface area contributed by atoms with Crippen LogP contribution < -0.4 is 0 Å². The highest BCUT2D eigenvalue weighted by Crippen LogP contribution is 2.35. The predicted octanol–water partition coefficient (Wildman–Crippen LogP) is 4.63. The molecule has 1 saturated heterocycles. The lowest BCUT2D eigenvalue weighted by atomic mass is 10.0. The van der Waals surface area contributed by atoms with Crippen molar-refractivity contribution in [1.82, 2.24) is 19.7 Å². The van der Waals surface area contributed by atoms with Crippen molar-refractivity contribution in [3.63, 3.8) is 0 Å². The van der Waals surface area contributed by atoms with Crippen molar-refractivity contribution in [2.24, 2.45) is 0 Å². The van der Waals surface area contributed by atoms with Crippen molar-refractivity contribution < 1.29 is 9.18 Å². The molecule has 6 heteroatoms. The Morgan fingerprint density at radius 1 is 1.14 bits per heavy atom. The Hall–Kier alpha value is -3.02. The van der Waals surface area contributed by atoms with Gasteiger partial charge < -0.3 is 4.90 Å². The Balaban J connectivity index is 1.64. The van der Waals surface area contributed by atoms with Crippen LogP contribution in [0.25, 0.3) is 11.1 Å². The van der Waals surface area contributed by atoms with E-state index in [1.807, 2.05) is 43.9 Å². The minimum absolute atomic E-state index is 0.0556. The van der Waals surface area contributed by atoms with E-state index in [2.05, 4.69) is 5.10 Å². The van der Waals surface area contributed by atoms with Gasteiger partial charge in [-0.1, -0.05) is 12.1 Å². The highest BCUT2D eigenvalue weighted by molar-refractivity contribution is 5.81. The van der Waals surface area contributed by atoms with Crippen LogP contribution in [0.15, 0.2) is 48.7 Å². The second-order valence-electron chi connectivity index (χ2n) is 7.71. The van der Waals surface area contributed by atoms with Gasteiger partial charge in [0, 0.05) is 24.1 Å². The topological polar surface area (TPSA) is 51.0 Å². The Morgan fingerprint density at radius 3 is 2.59 bits per heavy atom. The number of hydrogen-bond acceptors (Lipinski definition) is 3. The lowest BCUT2D eigenvalue weighted by Crippen LogP contribution is -2.36. The van der Waals surface area contributed by atoms with Gasteiger partial charge in [0.1, 0.15) is 11.9 Å². The van der Waals surface area contributed by atoms with Crippen LogP contribution in [0.2, 0.25) is 0 Å². The van der Waals surface area contributed by atoms with E-state index in [-0.39, 0.29) is 23.8 Å². The fraction of sp³-hybridized carbons (Fsp3) is 0.348. The summed E-state index contributed by atoms with van der Waals surface area (Å²) in [6.07, 6.45) is 3.55. The van der Waals surface area contributed by atoms with Crippen LogP contribution in [-0.2, 0) is 4.79 Å². The van der Waals surface area contributed by atoms with Crippen molar-refractivity contribution in [2.75, 3.05) is 6.54 Å². The van der Waals surface area contributed by atoms with Crippen LogP contribution in [0.1, 0.15) is 48.9 Å². The zero-order chi connectivity index (χ0) is 20.5. The fourth-order valence-electron chi connectivity index (χ4n) is 4.14. The number of likely N-dealkylation sites (tertiary alicyclic amines) is 1. The smallest absolute Gasteiger partial charge is 0.247 e. The number of nitrogens with zero attached hydrogens (tertiary/aromatic N) is 4. The van der Waals surface area contributed by atoms with Crippen LogP contribution >= 0.6 is 0 Å². The first-order chi connectivity index (χ1) is 13.9. The first-order valence-electron chi connectivity index (χ1n) is 9.99. The molecule has 0 radical (unpaired) electrons. The van der Waals surface area contributed by atoms with Crippen molar-refractivity contribution >= 4 is 5.91 Å². The standard InChI is InChI=1S/C23H25FN4O/c1-15-13-19(18-6-8-20(24)9-7-18)14-21(26-15)22-5-4-12-27(22)23(29)17(3)28-16(2)10-11-25-28/h6-11,13-14,17,22H,4-5,12H2,1-3H3/t17-,22+/m0/s1. The summed E-state index contributed by atoms with van der Waals surface area (Å²) in [4.78, 5) is 19.9. The van der Waals surface area contributed by atoms with Gasteiger partial charge in [-0.15, -0.1) is 0 Å². The molecule has 0 N–H and O–H groups in total. The summed E-state index contributed by atoms with van der Waals surface area (Å²) < 4.78 is 15.1. The molecule has 29 heavy (non-hydrogen) atoms. The number of carbonyl (C=O) groups is 1. The molecule has 1 fully saturated rings. The third-order valence-corrected chi connectivity index (χ3v) is 5.62. The van der Waals surface area contributed by atoms with E-state index in [4.69, 9.17) is 4.98 Å². The van der Waals surface area contributed by atoms with Crippen molar-refractivity contribution in [3.05, 3.63) is 71.6 Å². The first kappa shape index (κ1) is 19.3. The van der Waals surface area contributed by atoms with Gasteiger partial charge in [-0.05, 0) is 75.1 Å². The lowest BCUT2D eigenvalue weighted by molar-refractivity contribution is -0.135. The zero-order valence-electron chi connectivity index (χ0n) is 17.0. The third kappa shape index (κ3) is 3.79. The van der Waals surface area contributed by atoms with Crippen molar-refractivity contribution in [1.29, 1.82) is 0 Å². The van der Waals surface area contributed by atoms with Gasteiger partial charge in [0.05, 0.1) is 11.7 Å². The summed E-state index contributed by atoms with van der Waals surface area (Å²) in [5, 5.41) is 4.30. The number of halogens is 1. The minimum atomic E-state index is -0.355. The lowest BCUT2D eigenvalue weighted by Gasteiger charge is -2.28. The molecule has 1 aromatic carbocycles. The maximum atomic E-state index is 13.3. The molecule has 2 atom stereocenters. The molecule has 5 nitrogen and oxygen atoms in total. The number of benzene rings is 1. The molecule has 0 saturated carbocycles. The summed E-state index contributed by atoms with van der Waals surface area (Å²) in [6, 6.07) is 12.0. The molecular weight excluding hydrogens is 367 g/mol. The SMILES string of the molecule is Cc1cc(-c2ccc(F)cc2)cc([C@H]2CCCN2C(=O)[C@H](C)n2nccc2C)n1. The van der Waals surface area contributed by atoms with Gasteiger partial charge in [0.25, 0.3) is 0 Å². The molecule has 0 unspecified atom stereocenters. The number of pyridine rings is 1. The largest absolute Gasteiger partial charge is 0.332 e. The Bertz CT molecular complexity index is 1030. The van der Waals surface area contributed by atoms with Crippen LogP contribution in [0.4, 0.5) is 4.39 Å². The summed E-state index contributed by atoms with van der Waals surface area (Å²) in [5.74, 6) is -0.193. The monoisotopic (exact) mass is 392 g/mol. The molecule has 2 aromatic heterocycles. The molecule has 3 heterocycles. The molecule has 0 bridgehead atoms. The predicted molar refractivity (Wildman–Crippen MR) is 110 cm³/mol. The molecule has 1 aliphatic rings. The van der Waals surface area contributed by atoms with E-state index in [1.165, 1.54) is 12.1 Å². The molecule has 0 aliphatic carbocycles. The van der Waals surface area contributed by atoms with Gasteiger partial charge in [0.2, 0.25) is 5.91 Å². The third-order valence-electron chi connectivity index (χ3n) is 5.62. The summed E-state index contributed by atoms with van der Waals surface area (Å²) in [7, 11) is 0. The number of rotatable bonds is 4. The van der Waals surface area contributed by atoms with Crippen LogP contribution in [0.3, 0.4) is 0 Å². The summed E-state index contributed by atoms with van der Waals surface area (Å²) in [5.41, 5.74) is 4.67. The molecule has 150 valence electrons. The van der Waals surface area contributed by atoms with Gasteiger partial charge in [-0.2, -0.15) is 5.10 Å². The number of hydrogen-bond donors (Lipinski definition) is 0. The molecule has 1 amide bonds. The van der Waals surface area contributed by atoms with Crippen molar-refractivity contribution in [3.8, 4) is 11.1 Å². The van der Waals surface area contributed by atoms with E-state index in [0.717, 1.165) is 47.6 Å². The van der Waals surface area contributed by atoms with Gasteiger partial charge in [-0.25, -0.2) is 4.39 Å². The van der Waals surface area contributed by atoms with Gasteiger partial charge >= 0.3 is 0 Å².